The van der Waals surface area contributed by atoms with E-state index in [2.05, 4.69) is 0 Å². The SMILES string of the molecule is CC(C)OC(=O)NS(=O)(=O)N1CCC(C=O)CC1. The molecule has 1 aliphatic rings. The van der Waals surface area contributed by atoms with Crippen LogP contribution in [-0.2, 0) is 19.7 Å². The zero-order chi connectivity index (χ0) is 13.8. The lowest BCUT2D eigenvalue weighted by Crippen LogP contribution is -2.47. The van der Waals surface area contributed by atoms with Crippen molar-refractivity contribution in [1.29, 1.82) is 0 Å². The summed E-state index contributed by atoms with van der Waals surface area (Å²) in [5, 5.41) is 0. The standard InChI is InChI=1S/C10H18N2O5S/c1-8(2)17-10(14)11-18(15,16)12-5-3-9(7-13)4-6-12/h7-9H,3-6H2,1-2H3,(H,11,14). The van der Waals surface area contributed by atoms with Crippen molar-refractivity contribution >= 4 is 22.6 Å². The molecule has 1 amide bonds. The Bertz CT molecular complexity index is 398. The number of hydrogen-bond donors (Lipinski definition) is 1. The number of nitrogens with zero attached hydrogens (tertiary/aromatic N) is 1. The molecule has 1 heterocycles. The molecule has 0 aliphatic carbocycles. The topological polar surface area (TPSA) is 92.8 Å². The van der Waals surface area contributed by atoms with Gasteiger partial charge in [-0.25, -0.2) is 9.52 Å². The minimum absolute atomic E-state index is 0.0981. The molecule has 0 unspecified atom stereocenters. The van der Waals surface area contributed by atoms with Crippen molar-refractivity contribution in [2.45, 2.75) is 32.8 Å². The predicted molar refractivity (Wildman–Crippen MR) is 64.0 cm³/mol. The van der Waals surface area contributed by atoms with E-state index in [0.29, 0.717) is 12.8 Å². The smallest absolute Gasteiger partial charge is 0.422 e. The van der Waals surface area contributed by atoms with Gasteiger partial charge in [-0.05, 0) is 26.7 Å². The monoisotopic (exact) mass is 278 g/mol. The van der Waals surface area contributed by atoms with Crippen molar-refractivity contribution in [1.82, 2.24) is 9.03 Å². The highest BCUT2D eigenvalue weighted by atomic mass is 32.2. The molecular weight excluding hydrogens is 260 g/mol. The van der Waals surface area contributed by atoms with Crippen molar-refractivity contribution < 1.29 is 22.7 Å². The van der Waals surface area contributed by atoms with Gasteiger partial charge < -0.3 is 9.53 Å². The van der Waals surface area contributed by atoms with E-state index >= 15 is 0 Å². The van der Waals surface area contributed by atoms with Crippen LogP contribution in [0.4, 0.5) is 4.79 Å². The van der Waals surface area contributed by atoms with E-state index in [1.54, 1.807) is 13.8 Å². The van der Waals surface area contributed by atoms with Gasteiger partial charge in [0.1, 0.15) is 6.29 Å². The molecule has 1 fully saturated rings. The van der Waals surface area contributed by atoms with Crippen LogP contribution in [0.1, 0.15) is 26.7 Å². The number of carbonyl (C=O) groups excluding carboxylic acids is 2. The van der Waals surface area contributed by atoms with Crippen LogP contribution in [0.15, 0.2) is 0 Å². The Morgan fingerprint density at radius 1 is 1.39 bits per heavy atom. The summed E-state index contributed by atoms with van der Waals surface area (Å²) in [4.78, 5) is 21.8. The molecular formula is C10H18N2O5S. The minimum Gasteiger partial charge on any atom is -0.446 e. The molecule has 1 saturated heterocycles. The third kappa shape index (κ3) is 4.26. The van der Waals surface area contributed by atoms with Gasteiger partial charge in [0, 0.05) is 19.0 Å². The highest BCUT2D eigenvalue weighted by Gasteiger charge is 2.29. The molecule has 0 spiro atoms. The number of aldehydes is 1. The maximum absolute atomic E-state index is 11.8. The first-order chi connectivity index (χ1) is 8.35. The summed E-state index contributed by atoms with van der Waals surface area (Å²) in [5.74, 6) is -0.0981. The van der Waals surface area contributed by atoms with Gasteiger partial charge in [-0.1, -0.05) is 0 Å². The zero-order valence-electron chi connectivity index (χ0n) is 10.5. The van der Waals surface area contributed by atoms with Crippen LogP contribution in [0.3, 0.4) is 0 Å². The number of rotatable bonds is 4. The number of nitrogens with one attached hydrogen (secondary N) is 1. The third-order valence-electron chi connectivity index (χ3n) is 2.59. The molecule has 0 saturated carbocycles. The second-order valence-electron chi connectivity index (χ2n) is 4.43. The Hall–Kier alpha value is -1.15. The van der Waals surface area contributed by atoms with E-state index < -0.39 is 16.3 Å². The van der Waals surface area contributed by atoms with E-state index in [4.69, 9.17) is 4.74 Å². The first-order valence-electron chi connectivity index (χ1n) is 5.79. The average molecular weight is 278 g/mol. The Balaban J connectivity index is 2.54. The Morgan fingerprint density at radius 2 is 1.94 bits per heavy atom. The number of amides is 1. The molecule has 18 heavy (non-hydrogen) atoms. The minimum atomic E-state index is -3.87. The number of carbonyl (C=O) groups is 2. The van der Waals surface area contributed by atoms with Crippen LogP contribution in [0.25, 0.3) is 0 Å². The quantitative estimate of drug-likeness (QED) is 0.745. The van der Waals surface area contributed by atoms with Crippen LogP contribution in [-0.4, -0.2) is 44.3 Å². The number of ether oxygens (including phenoxy) is 1. The highest BCUT2D eigenvalue weighted by molar-refractivity contribution is 7.87. The summed E-state index contributed by atoms with van der Waals surface area (Å²) in [6.45, 7) is 3.71. The molecule has 0 aromatic heterocycles. The van der Waals surface area contributed by atoms with Gasteiger partial charge in [-0.2, -0.15) is 12.7 Å². The largest absolute Gasteiger partial charge is 0.446 e. The van der Waals surface area contributed by atoms with E-state index in [1.807, 2.05) is 4.72 Å². The van der Waals surface area contributed by atoms with Crippen molar-refractivity contribution in [3.63, 3.8) is 0 Å². The Kier molecular flexibility index (Phi) is 5.09. The first-order valence-corrected chi connectivity index (χ1v) is 7.23. The summed E-state index contributed by atoms with van der Waals surface area (Å²) in [7, 11) is -3.87. The first kappa shape index (κ1) is 14.9. The highest BCUT2D eigenvalue weighted by Crippen LogP contribution is 2.17. The summed E-state index contributed by atoms with van der Waals surface area (Å²) in [6.07, 6.45) is 0.418. The summed E-state index contributed by atoms with van der Waals surface area (Å²) in [6, 6.07) is 0. The van der Waals surface area contributed by atoms with Gasteiger partial charge in [0.05, 0.1) is 6.10 Å². The van der Waals surface area contributed by atoms with E-state index in [0.717, 1.165) is 10.6 Å². The lowest BCUT2D eigenvalue weighted by Gasteiger charge is -2.28. The molecule has 1 aliphatic heterocycles. The van der Waals surface area contributed by atoms with Gasteiger partial charge in [-0.15, -0.1) is 0 Å². The summed E-state index contributed by atoms with van der Waals surface area (Å²) in [5.41, 5.74) is 0. The van der Waals surface area contributed by atoms with Crippen molar-refractivity contribution in [3.05, 3.63) is 0 Å². The van der Waals surface area contributed by atoms with Crippen molar-refractivity contribution in [3.8, 4) is 0 Å². The normalized spacial score (nSPS) is 18.6. The summed E-state index contributed by atoms with van der Waals surface area (Å²) >= 11 is 0. The Morgan fingerprint density at radius 3 is 2.39 bits per heavy atom. The zero-order valence-corrected chi connectivity index (χ0v) is 11.3. The molecule has 104 valence electrons. The molecule has 0 aromatic rings. The lowest BCUT2D eigenvalue weighted by molar-refractivity contribution is -0.112. The Labute approximate surface area is 107 Å². The second-order valence-corrected chi connectivity index (χ2v) is 6.10. The predicted octanol–water partition coefficient (Wildman–Crippen LogP) is 0.277. The van der Waals surface area contributed by atoms with Gasteiger partial charge in [0.15, 0.2) is 0 Å². The molecule has 0 aromatic carbocycles. The maximum atomic E-state index is 11.8. The molecule has 0 radical (unpaired) electrons. The third-order valence-corrected chi connectivity index (χ3v) is 4.06. The molecule has 1 rings (SSSR count). The molecule has 0 atom stereocenters. The van der Waals surface area contributed by atoms with Crippen LogP contribution in [0.2, 0.25) is 0 Å². The molecule has 8 heteroatoms. The van der Waals surface area contributed by atoms with Crippen molar-refractivity contribution in [2.75, 3.05) is 13.1 Å². The van der Waals surface area contributed by atoms with Crippen molar-refractivity contribution in [2.24, 2.45) is 5.92 Å². The fraction of sp³-hybridized carbons (Fsp3) is 0.800. The second kappa shape index (κ2) is 6.14. The van der Waals surface area contributed by atoms with Crippen LogP contribution in [0, 0.1) is 5.92 Å². The lowest BCUT2D eigenvalue weighted by atomic mass is 10.0. The van der Waals surface area contributed by atoms with Crippen LogP contribution >= 0.6 is 0 Å². The van der Waals surface area contributed by atoms with E-state index in [9.17, 15) is 18.0 Å². The van der Waals surface area contributed by atoms with Gasteiger partial charge in [-0.3, -0.25) is 0 Å². The van der Waals surface area contributed by atoms with Gasteiger partial charge >= 0.3 is 16.3 Å². The van der Waals surface area contributed by atoms with E-state index in [-0.39, 0.29) is 25.1 Å². The molecule has 0 bridgehead atoms. The van der Waals surface area contributed by atoms with Crippen LogP contribution < -0.4 is 4.72 Å². The maximum Gasteiger partial charge on any atom is 0.422 e. The van der Waals surface area contributed by atoms with Gasteiger partial charge in [0.2, 0.25) is 0 Å². The molecule has 1 N–H and O–H groups in total. The van der Waals surface area contributed by atoms with E-state index in [1.165, 1.54) is 0 Å². The molecule has 7 nitrogen and oxygen atoms in total. The number of hydrogen-bond acceptors (Lipinski definition) is 5. The van der Waals surface area contributed by atoms with Gasteiger partial charge in [0.25, 0.3) is 0 Å². The fourth-order valence-corrected chi connectivity index (χ4v) is 2.74. The van der Waals surface area contributed by atoms with Crippen LogP contribution in [0.5, 0.6) is 0 Å². The number of piperidine rings is 1. The summed E-state index contributed by atoms with van der Waals surface area (Å²) < 4.78 is 31.3. The fourth-order valence-electron chi connectivity index (χ4n) is 1.66. The average Bonchev–Trinajstić information content (AvgIpc) is 2.27.